The summed E-state index contributed by atoms with van der Waals surface area (Å²) < 4.78 is 0. The van der Waals surface area contributed by atoms with Gasteiger partial charge in [0.1, 0.15) is 0 Å². The van der Waals surface area contributed by atoms with Crippen molar-refractivity contribution in [3.05, 3.63) is 0 Å². The minimum atomic E-state index is 0. The van der Waals surface area contributed by atoms with Crippen molar-refractivity contribution in [2.24, 2.45) is 5.92 Å². The zero-order valence-corrected chi connectivity index (χ0v) is 15.5. The molecule has 0 aromatic rings. The van der Waals surface area contributed by atoms with Crippen LogP contribution >= 0.6 is 0 Å². The Morgan fingerprint density at radius 2 is 1.09 bits per heavy atom. The van der Waals surface area contributed by atoms with Crippen LogP contribution in [0.2, 0.25) is 0 Å². The summed E-state index contributed by atoms with van der Waals surface area (Å²) in [4.78, 5) is 2.30. The topological polar surface area (TPSA) is 34.7 Å². The molecule has 0 bridgehead atoms. The van der Waals surface area contributed by atoms with Crippen LogP contribution in [-0.2, 0) is 0 Å². The van der Waals surface area contributed by atoms with E-state index in [2.05, 4.69) is 19.0 Å². The van der Waals surface area contributed by atoms with Gasteiger partial charge in [-0.05, 0) is 33.0 Å². The minimum Gasteiger partial charge on any atom is -0.412 e. The van der Waals surface area contributed by atoms with Crippen LogP contribution in [0, 0.1) is 5.92 Å². The molecule has 2 nitrogen and oxygen atoms in total. The molecule has 1 saturated carbocycles. The Hall–Kier alpha value is -0.0800. The lowest BCUT2D eigenvalue weighted by atomic mass is 9.85. The molecule has 0 spiro atoms. The molecular weight excluding hydrogens is 270 g/mol. The first-order valence-electron chi connectivity index (χ1n) is 9.94. The lowest BCUT2D eigenvalue weighted by Gasteiger charge is -2.21. The number of unbranched alkanes of at least 4 members (excludes halogenated alkanes) is 9. The lowest BCUT2D eigenvalue weighted by molar-refractivity contribution is 0.328. The summed E-state index contributed by atoms with van der Waals surface area (Å²) in [6.45, 7) is 1.26. The van der Waals surface area contributed by atoms with Crippen LogP contribution in [0.5, 0.6) is 0 Å². The monoisotopic (exact) mass is 313 g/mol. The first-order chi connectivity index (χ1) is 10.3. The largest absolute Gasteiger partial charge is 0.412 e. The van der Waals surface area contributed by atoms with Gasteiger partial charge in [-0.25, -0.2) is 0 Å². The van der Waals surface area contributed by atoms with E-state index >= 15 is 0 Å². The Morgan fingerprint density at radius 3 is 1.59 bits per heavy atom. The Labute approximate surface area is 140 Å². The van der Waals surface area contributed by atoms with Crippen molar-refractivity contribution < 1.29 is 5.48 Å². The van der Waals surface area contributed by atoms with E-state index in [0.717, 1.165) is 5.92 Å². The molecule has 0 aliphatic heterocycles. The quantitative estimate of drug-likeness (QED) is 0.408. The fraction of sp³-hybridized carbons (Fsp3) is 1.00. The maximum atomic E-state index is 2.30. The Bertz CT molecular complexity index is 212. The highest BCUT2D eigenvalue weighted by atomic mass is 16.0. The second-order valence-corrected chi connectivity index (χ2v) is 7.63. The van der Waals surface area contributed by atoms with Crippen LogP contribution in [0.1, 0.15) is 103 Å². The van der Waals surface area contributed by atoms with Crippen LogP contribution in [-0.4, -0.2) is 31.0 Å². The van der Waals surface area contributed by atoms with E-state index in [4.69, 9.17) is 0 Å². The Kier molecular flexibility index (Phi) is 15.7. The van der Waals surface area contributed by atoms with E-state index < -0.39 is 0 Å². The van der Waals surface area contributed by atoms with Crippen molar-refractivity contribution in [2.45, 2.75) is 103 Å². The number of hydrogen-bond donors (Lipinski definition) is 0. The highest BCUT2D eigenvalue weighted by Crippen LogP contribution is 2.28. The Balaban J connectivity index is 0.00000441. The summed E-state index contributed by atoms with van der Waals surface area (Å²) in [5.74, 6) is 1.10. The summed E-state index contributed by atoms with van der Waals surface area (Å²) in [7, 11) is 4.35. The molecule has 0 radical (unpaired) electrons. The van der Waals surface area contributed by atoms with Gasteiger partial charge in [0.25, 0.3) is 0 Å². The molecule has 134 valence electrons. The molecule has 2 N–H and O–H groups in total. The third kappa shape index (κ3) is 13.6. The van der Waals surface area contributed by atoms with Crippen molar-refractivity contribution in [3.63, 3.8) is 0 Å². The van der Waals surface area contributed by atoms with Crippen LogP contribution in [0.25, 0.3) is 0 Å². The molecule has 0 heterocycles. The molecule has 2 heteroatoms. The van der Waals surface area contributed by atoms with Crippen LogP contribution in [0.15, 0.2) is 0 Å². The summed E-state index contributed by atoms with van der Waals surface area (Å²) in [5.41, 5.74) is 0. The first kappa shape index (κ1) is 21.9. The van der Waals surface area contributed by atoms with Gasteiger partial charge in [-0.3, -0.25) is 0 Å². The van der Waals surface area contributed by atoms with Crippen molar-refractivity contribution in [1.29, 1.82) is 0 Å². The van der Waals surface area contributed by atoms with E-state index in [-0.39, 0.29) is 5.48 Å². The standard InChI is InChI=1S/C20H41N.H2O/c1-21(2)19-15-10-8-6-4-3-5-7-9-12-16-20-17-13-11-14-18-20;/h20H,3-19H2,1-2H3;1H2. The van der Waals surface area contributed by atoms with Crippen molar-refractivity contribution in [2.75, 3.05) is 20.6 Å². The normalized spacial score (nSPS) is 16.0. The van der Waals surface area contributed by atoms with Gasteiger partial charge in [0.2, 0.25) is 0 Å². The molecule has 0 amide bonds. The maximum absolute atomic E-state index is 2.30. The predicted molar refractivity (Wildman–Crippen MR) is 99.5 cm³/mol. The molecule has 1 fully saturated rings. The predicted octanol–water partition coefficient (Wildman–Crippen LogP) is 5.59. The molecule has 22 heavy (non-hydrogen) atoms. The fourth-order valence-electron chi connectivity index (χ4n) is 3.75. The molecule has 0 saturated heterocycles. The second-order valence-electron chi connectivity index (χ2n) is 7.63. The summed E-state index contributed by atoms with van der Waals surface area (Å²) >= 11 is 0. The van der Waals surface area contributed by atoms with Gasteiger partial charge in [0.15, 0.2) is 0 Å². The molecule has 0 atom stereocenters. The van der Waals surface area contributed by atoms with Gasteiger partial charge >= 0.3 is 0 Å². The minimum absolute atomic E-state index is 0. The molecule has 0 aromatic carbocycles. The molecule has 1 rings (SSSR count). The van der Waals surface area contributed by atoms with E-state index in [1.807, 2.05) is 0 Å². The van der Waals surface area contributed by atoms with Gasteiger partial charge in [0.05, 0.1) is 0 Å². The van der Waals surface area contributed by atoms with Gasteiger partial charge in [-0.15, -0.1) is 0 Å². The molecule has 1 aliphatic rings. The molecule has 0 unspecified atom stereocenters. The summed E-state index contributed by atoms with van der Waals surface area (Å²) in [5, 5.41) is 0. The van der Waals surface area contributed by atoms with E-state index in [1.54, 1.807) is 0 Å². The highest BCUT2D eigenvalue weighted by Gasteiger charge is 2.12. The Morgan fingerprint density at radius 1 is 0.636 bits per heavy atom. The van der Waals surface area contributed by atoms with E-state index in [9.17, 15) is 0 Å². The van der Waals surface area contributed by atoms with E-state index in [0.29, 0.717) is 0 Å². The van der Waals surface area contributed by atoms with E-state index in [1.165, 1.54) is 109 Å². The number of nitrogens with zero attached hydrogens (tertiary/aromatic N) is 1. The van der Waals surface area contributed by atoms with Crippen LogP contribution in [0.3, 0.4) is 0 Å². The number of rotatable bonds is 13. The van der Waals surface area contributed by atoms with Gasteiger partial charge in [-0.1, -0.05) is 96.3 Å². The van der Waals surface area contributed by atoms with Crippen molar-refractivity contribution >= 4 is 0 Å². The third-order valence-electron chi connectivity index (χ3n) is 5.19. The second kappa shape index (κ2) is 15.8. The van der Waals surface area contributed by atoms with Crippen molar-refractivity contribution in [3.8, 4) is 0 Å². The number of hydrogen-bond acceptors (Lipinski definition) is 1. The fourth-order valence-corrected chi connectivity index (χ4v) is 3.75. The first-order valence-corrected chi connectivity index (χ1v) is 9.94. The molecule has 1 aliphatic carbocycles. The zero-order chi connectivity index (χ0) is 15.2. The highest BCUT2D eigenvalue weighted by molar-refractivity contribution is 4.65. The smallest absolute Gasteiger partial charge is 0.00248 e. The molecular formula is C20H43NO. The van der Waals surface area contributed by atoms with Gasteiger partial charge < -0.3 is 10.4 Å². The van der Waals surface area contributed by atoms with Crippen molar-refractivity contribution in [1.82, 2.24) is 4.90 Å². The molecule has 0 aromatic heterocycles. The average molecular weight is 314 g/mol. The van der Waals surface area contributed by atoms with Crippen LogP contribution in [0.4, 0.5) is 0 Å². The van der Waals surface area contributed by atoms with Crippen LogP contribution < -0.4 is 0 Å². The summed E-state index contributed by atoms with van der Waals surface area (Å²) in [6, 6.07) is 0. The average Bonchev–Trinajstić information content (AvgIpc) is 2.49. The van der Waals surface area contributed by atoms with Gasteiger partial charge in [0, 0.05) is 0 Å². The van der Waals surface area contributed by atoms with Gasteiger partial charge in [-0.2, -0.15) is 0 Å². The summed E-state index contributed by atoms with van der Waals surface area (Å²) in [6.07, 6.45) is 23.8. The SMILES string of the molecule is CN(C)CCCCCCCCCCCCC1CCCCC1.O. The lowest BCUT2D eigenvalue weighted by Crippen LogP contribution is -2.12. The maximum Gasteiger partial charge on any atom is -0.00248 e. The third-order valence-corrected chi connectivity index (χ3v) is 5.19. The zero-order valence-electron chi connectivity index (χ0n) is 15.5.